The van der Waals surface area contributed by atoms with Gasteiger partial charge in [0.2, 0.25) is 0 Å². The molecule has 0 radical (unpaired) electrons. The number of aryl methyl sites for hydroxylation is 1. The number of hydrogen-bond acceptors (Lipinski definition) is 1. The standard InChI is InChI=1S/C19H20O2/c1-2-3-4-5-6-7-12-17-16-11-9-8-10-15(16)13-14-18(17)19(20)21/h8-11,13-14H,4-7,12H2,1H3,(H,20,21). The minimum Gasteiger partial charge on any atom is -0.478 e. The number of unbranched alkanes of at least 4 members (excludes halogenated alkanes) is 3. The highest BCUT2D eigenvalue weighted by molar-refractivity contribution is 5.97. The van der Waals surface area contributed by atoms with Crippen molar-refractivity contribution in [2.75, 3.05) is 0 Å². The van der Waals surface area contributed by atoms with Crippen LogP contribution in [0.4, 0.5) is 0 Å². The van der Waals surface area contributed by atoms with Crippen molar-refractivity contribution in [2.24, 2.45) is 0 Å². The van der Waals surface area contributed by atoms with E-state index in [1.165, 1.54) is 0 Å². The fourth-order valence-corrected chi connectivity index (χ4v) is 2.62. The van der Waals surface area contributed by atoms with Crippen LogP contribution in [0.15, 0.2) is 36.4 Å². The van der Waals surface area contributed by atoms with Gasteiger partial charge in [-0.25, -0.2) is 4.79 Å². The summed E-state index contributed by atoms with van der Waals surface area (Å²) in [6.07, 6.45) is 4.89. The van der Waals surface area contributed by atoms with Gasteiger partial charge in [0.15, 0.2) is 0 Å². The topological polar surface area (TPSA) is 37.3 Å². The van der Waals surface area contributed by atoms with Gasteiger partial charge in [-0.2, -0.15) is 0 Å². The van der Waals surface area contributed by atoms with Crippen LogP contribution < -0.4 is 0 Å². The van der Waals surface area contributed by atoms with Gasteiger partial charge in [0.05, 0.1) is 5.56 Å². The lowest BCUT2D eigenvalue weighted by Gasteiger charge is -2.10. The van der Waals surface area contributed by atoms with E-state index in [2.05, 4.69) is 11.8 Å². The van der Waals surface area contributed by atoms with E-state index in [0.717, 1.165) is 48.4 Å². The Balaban J connectivity index is 2.17. The number of rotatable bonds is 6. The second-order valence-corrected chi connectivity index (χ2v) is 5.11. The van der Waals surface area contributed by atoms with Crippen molar-refractivity contribution in [1.82, 2.24) is 0 Å². The summed E-state index contributed by atoms with van der Waals surface area (Å²) in [6, 6.07) is 11.6. The van der Waals surface area contributed by atoms with Crippen LogP contribution in [0, 0.1) is 11.8 Å². The van der Waals surface area contributed by atoms with Crippen LogP contribution in [-0.4, -0.2) is 11.1 Å². The summed E-state index contributed by atoms with van der Waals surface area (Å²) >= 11 is 0. The third-order valence-electron chi connectivity index (χ3n) is 3.68. The first-order valence-electron chi connectivity index (χ1n) is 7.37. The predicted molar refractivity (Wildman–Crippen MR) is 86.5 cm³/mol. The molecule has 2 rings (SSSR count). The Bertz CT molecular complexity index is 690. The quantitative estimate of drug-likeness (QED) is 0.617. The van der Waals surface area contributed by atoms with Crippen molar-refractivity contribution in [3.63, 3.8) is 0 Å². The molecule has 0 aliphatic rings. The first-order chi connectivity index (χ1) is 10.2. The summed E-state index contributed by atoms with van der Waals surface area (Å²) in [5, 5.41) is 11.5. The molecule has 2 nitrogen and oxygen atoms in total. The smallest absolute Gasteiger partial charge is 0.335 e. The SMILES string of the molecule is CC#CCCCCCc1c(C(=O)O)ccc2ccccc12. The molecule has 0 aromatic heterocycles. The molecule has 0 saturated heterocycles. The van der Waals surface area contributed by atoms with E-state index in [9.17, 15) is 9.90 Å². The van der Waals surface area contributed by atoms with Crippen molar-refractivity contribution in [3.8, 4) is 11.8 Å². The molecule has 0 saturated carbocycles. The Morgan fingerprint density at radius 3 is 2.67 bits per heavy atom. The molecule has 0 aliphatic carbocycles. The molecule has 0 unspecified atom stereocenters. The van der Waals surface area contributed by atoms with Crippen LogP contribution >= 0.6 is 0 Å². The molecule has 0 bridgehead atoms. The predicted octanol–water partition coefficient (Wildman–Crippen LogP) is 4.66. The molecule has 2 heteroatoms. The second kappa shape index (κ2) is 7.50. The van der Waals surface area contributed by atoms with Gasteiger partial charge in [-0.3, -0.25) is 0 Å². The zero-order chi connectivity index (χ0) is 15.1. The number of benzene rings is 2. The highest BCUT2D eigenvalue weighted by atomic mass is 16.4. The minimum atomic E-state index is -0.840. The first kappa shape index (κ1) is 15.1. The van der Waals surface area contributed by atoms with Crippen molar-refractivity contribution < 1.29 is 9.90 Å². The molecule has 21 heavy (non-hydrogen) atoms. The summed E-state index contributed by atoms with van der Waals surface area (Å²) in [7, 11) is 0. The Kier molecular flexibility index (Phi) is 5.40. The minimum absolute atomic E-state index is 0.432. The monoisotopic (exact) mass is 280 g/mol. The van der Waals surface area contributed by atoms with E-state index in [1.54, 1.807) is 6.07 Å². The number of carboxylic acid groups (broad SMARTS) is 1. The highest BCUT2D eigenvalue weighted by Crippen LogP contribution is 2.24. The van der Waals surface area contributed by atoms with Crippen molar-refractivity contribution in [2.45, 2.75) is 39.0 Å². The maximum atomic E-state index is 11.4. The molecule has 0 heterocycles. The van der Waals surface area contributed by atoms with E-state index in [0.29, 0.717) is 5.56 Å². The average Bonchev–Trinajstić information content (AvgIpc) is 2.50. The molecule has 0 amide bonds. The van der Waals surface area contributed by atoms with Gasteiger partial charge in [0.1, 0.15) is 0 Å². The van der Waals surface area contributed by atoms with Gasteiger partial charge in [-0.1, -0.05) is 36.8 Å². The van der Waals surface area contributed by atoms with E-state index in [4.69, 9.17) is 0 Å². The Morgan fingerprint density at radius 1 is 1.10 bits per heavy atom. The van der Waals surface area contributed by atoms with Gasteiger partial charge in [-0.05, 0) is 48.6 Å². The van der Waals surface area contributed by atoms with Crippen LogP contribution in [0.5, 0.6) is 0 Å². The molecule has 0 aliphatic heterocycles. The van der Waals surface area contributed by atoms with Crippen LogP contribution in [0.25, 0.3) is 10.8 Å². The summed E-state index contributed by atoms with van der Waals surface area (Å²) in [5.41, 5.74) is 1.39. The third kappa shape index (κ3) is 3.86. The molecular weight excluding hydrogens is 260 g/mol. The summed E-state index contributed by atoms with van der Waals surface area (Å²) < 4.78 is 0. The van der Waals surface area contributed by atoms with Gasteiger partial charge in [0.25, 0.3) is 0 Å². The maximum absolute atomic E-state index is 11.4. The molecule has 2 aromatic rings. The highest BCUT2D eigenvalue weighted by Gasteiger charge is 2.12. The number of hydrogen-bond donors (Lipinski definition) is 1. The molecule has 0 spiro atoms. The van der Waals surface area contributed by atoms with Crippen molar-refractivity contribution in [1.29, 1.82) is 0 Å². The van der Waals surface area contributed by atoms with Crippen LogP contribution in [0.2, 0.25) is 0 Å². The van der Waals surface area contributed by atoms with Crippen LogP contribution in [0.3, 0.4) is 0 Å². The zero-order valence-electron chi connectivity index (χ0n) is 12.4. The molecule has 108 valence electrons. The van der Waals surface area contributed by atoms with Crippen molar-refractivity contribution >= 4 is 16.7 Å². The van der Waals surface area contributed by atoms with E-state index in [-0.39, 0.29) is 0 Å². The Morgan fingerprint density at radius 2 is 1.90 bits per heavy atom. The van der Waals surface area contributed by atoms with E-state index >= 15 is 0 Å². The van der Waals surface area contributed by atoms with Gasteiger partial charge in [-0.15, -0.1) is 11.8 Å². The maximum Gasteiger partial charge on any atom is 0.335 e. The second-order valence-electron chi connectivity index (χ2n) is 5.11. The number of carboxylic acids is 1. The van der Waals surface area contributed by atoms with Gasteiger partial charge >= 0.3 is 5.97 Å². The van der Waals surface area contributed by atoms with Crippen LogP contribution in [0.1, 0.15) is 48.5 Å². The van der Waals surface area contributed by atoms with E-state index < -0.39 is 5.97 Å². The Hall–Kier alpha value is -2.27. The number of carbonyl (C=O) groups is 1. The molecule has 1 N–H and O–H groups in total. The lowest BCUT2D eigenvalue weighted by atomic mass is 9.94. The van der Waals surface area contributed by atoms with Crippen LogP contribution in [-0.2, 0) is 6.42 Å². The largest absolute Gasteiger partial charge is 0.478 e. The molecular formula is C19H20O2. The fraction of sp³-hybridized carbons (Fsp3) is 0.316. The number of fused-ring (bicyclic) bond motifs is 1. The van der Waals surface area contributed by atoms with Crippen molar-refractivity contribution in [3.05, 3.63) is 47.5 Å². The molecule has 0 fully saturated rings. The van der Waals surface area contributed by atoms with Gasteiger partial charge < -0.3 is 5.11 Å². The first-order valence-corrected chi connectivity index (χ1v) is 7.37. The summed E-state index contributed by atoms with van der Waals surface area (Å²) in [6.45, 7) is 1.86. The molecule has 2 aromatic carbocycles. The molecule has 0 atom stereocenters. The lowest BCUT2D eigenvalue weighted by Crippen LogP contribution is -2.03. The number of aromatic carboxylic acids is 1. The zero-order valence-corrected chi connectivity index (χ0v) is 12.4. The average molecular weight is 280 g/mol. The lowest BCUT2D eigenvalue weighted by molar-refractivity contribution is 0.0696. The summed E-state index contributed by atoms with van der Waals surface area (Å²) in [4.78, 5) is 11.4. The normalized spacial score (nSPS) is 10.1. The Labute approximate surface area is 125 Å². The third-order valence-corrected chi connectivity index (χ3v) is 3.68. The van der Waals surface area contributed by atoms with E-state index in [1.807, 2.05) is 37.3 Å². The van der Waals surface area contributed by atoms with Gasteiger partial charge in [0, 0.05) is 6.42 Å². The summed E-state index contributed by atoms with van der Waals surface area (Å²) in [5.74, 6) is 5.12. The fourth-order valence-electron chi connectivity index (χ4n) is 2.62.